The van der Waals surface area contributed by atoms with Crippen LogP contribution in [-0.4, -0.2) is 56.9 Å². The van der Waals surface area contributed by atoms with Crippen LogP contribution < -0.4 is 10.6 Å². The number of nitrogens with one attached hydrogen (secondary N) is 2. The molecule has 0 bridgehead atoms. The van der Waals surface area contributed by atoms with E-state index in [1.165, 1.54) is 28.6 Å². The monoisotopic (exact) mass is 425 g/mol. The van der Waals surface area contributed by atoms with Gasteiger partial charge in [-0.05, 0) is 49.4 Å². The van der Waals surface area contributed by atoms with Crippen LogP contribution in [0.3, 0.4) is 0 Å². The summed E-state index contributed by atoms with van der Waals surface area (Å²) in [5, 5.41) is 4.39. The molecule has 0 spiro atoms. The number of piperidine rings is 1. The van der Waals surface area contributed by atoms with Crippen molar-refractivity contribution in [2.75, 3.05) is 26.2 Å². The number of esters is 1. The van der Waals surface area contributed by atoms with Crippen molar-refractivity contribution in [3.63, 3.8) is 0 Å². The first-order chi connectivity index (χ1) is 13.6. The average molecular weight is 426 g/mol. The molecule has 0 aliphatic carbocycles. The molecule has 2 unspecified atom stereocenters. The second kappa shape index (κ2) is 9.84. The number of ether oxygens (including phenoxy) is 1. The molecular weight excluding hydrogens is 398 g/mol. The molecule has 0 radical (unpaired) electrons. The van der Waals surface area contributed by atoms with Crippen LogP contribution in [0.1, 0.15) is 37.6 Å². The van der Waals surface area contributed by atoms with Crippen LogP contribution in [0.15, 0.2) is 29.2 Å². The molecule has 2 atom stereocenters. The summed E-state index contributed by atoms with van der Waals surface area (Å²) >= 11 is 0. The maximum atomic E-state index is 12.8. The molecule has 0 saturated carbocycles. The fourth-order valence-electron chi connectivity index (χ4n) is 3.30. The number of carbonyl (C=O) groups is 3. The van der Waals surface area contributed by atoms with Gasteiger partial charge in [-0.2, -0.15) is 4.31 Å². The third-order valence-electron chi connectivity index (χ3n) is 4.49. The zero-order chi connectivity index (χ0) is 21.6. The molecule has 1 aliphatic heterocycles. The third-order valence-corrected chi connectivity index (χ3v) is 6.33. The van der Waals surface area contributed by atoms with Crippen LogP contribution in [0, 0.1) is 11.8 Å². The van der Waals surface area contributed by atoms with Gasteiger partial charge in [0.1, 0.15) is 0 Å². The summed E-state index contributed by atoms with van der Waals surface area (Å²) in [6.07, 6.45) is 0.991. The quantitative estimate of drug-likeness (QED) is 0.664. The average Bonchev–Trinajstić information content (AvgIpc) is 2.65. The van der Waals surface area contributed by atoms with E-state index in [9.17, 15) is 22.8 Å². The number of hydrogen-bond donors (Lipinski definition) is 2. The van der Waals surface area contributed by atoms with Gasteiger partial charge in [-0.25, -0.2) is 18.0 Å². The van der Waals surface area contributed by atoms with E-state index in [4.69, 9.17) is 4.74 Å². The molecule has 1 aromatic rings. The lowest BCUT2D eigenvalue weighted by molar-refractivity contribution is -0.123. The van der Waals surface area contributed by atoms with E-state index in [-0.39, 0.29) is 22.3 Å². The first kappa shape index (κ1) is 22.8. The normalized spacial score (nSPS) is 20.0. The molecular formula is C19H27N3O6S. The van der Waals surface area contributed by atoms with Crippen LogP contribution in [0.4, 0.5) is 4.79 Å². The Labute approximate surface area is 170 Å². The molecule has 1 aliphatic rings. The van der Waals surface area contributed by atoms with Crippen molar-refractivity contribution in [2.45, 2.75) is 32.1 Å². The maximum absolute atomic E-state index is 12.8. The number of hydrogen-bond acceptors (Lipinski definition) is 6. The summed E-state index contributed by atoms with van der Waals surface area (Å²) in [6.45, 7) is 6.41. The van der Waals surface area contributed by atoms with E-state index in [0.29, 0.717) is 19.6 Å². The van der Waals surface area contributed by atoms with Crippen molar-refractivity contribution in [1.82, 2.24) is 14.9 Å². The van der Waals surface area contributed by atoms with Crippen molar-refractivity contribution in [3.05, 3.63) is 29.8 Å². The van der Waals surface area contributed by atoms with Crippen LogP contribution >= 0.6 is 0 Å². The second-order valence-corrected chi connectivity index (χ2v) is 9.21. The van der Waals surface area contributed by atoms with Crippen molar-refractivity contribution in [2.24, 2.45) is 11.8 Å². The van der Waals surface area contributed by atoms with Gasteiger partial charge >= 0.3 is 12.0 Å². The summed E-state index contributed by atoms with van der Waals surface area (Å²) in [7, 11) is -3.64. The van der Waals surface area contributed by atoms with Gasteiger partial charge in [0.2, 0.25) is 10.0 Å². The summed E-state index contributed by atoms with van der Waals surface area (Å²) in [5.74, 6) is -0.987. The lowest BCUT2D eigenvalue weighted by Crippen LogP contribution is -2.42. The minimum absolute atomic E-state index is 0.101. The first-order valence-corrected chi connectivity index (χ1v) is 10.9. The predicted molar refractivity (Wildman–Crippen MR) is 106 cm³/mol. The van der Waals surface area contributed by atoms with E-state index in [1.807, 2.05) is 19.2 Å². The topological polar surface area (TPSA) is 122 Å². The van der Waals surface area contributed by atoms with Gasteiger partial charge in [0.15, 0.2) is 6.61 Å². The van der Waals surface area contributed by atoms with Gasteiger partial charge in [-0.1, -0.05) is 13.8 Å². The number of imide groups is 1. The number of carbonyl (C=O) groups excluding carboxylic acids is 3. The van der Waals surface area contributed by atoms with Gasteiger partial charge in [0.05, 0.1) is 10.5 Å². The number of rotatable bonds is 6. The molecule has 3 amide bonds. The standard InChI is InChI=1S/C19H27N3O6S/c1-4-20-19(25)21-17(23)12-28-18(24)15-5-7-16(8-6-15)29(26,27)22-10-13(2)9-14(3)11-22/h5-8,13-14H,4,9-12H2,1-3H3,(H2,20,21,23,25). The fraction of sp³-hybridized carbons (Fsp3) is 0.526. The summed E-state index contributed by atoms with van der Waals surface area (Å²) in [4.78, 5) is 34.9. The second-order valence-electron chi connectivity index (χ2n) is 7.28. The highest BCUT2D eigenvalue weighted by Crippen LogP contribution is 2.26. The third kappa shape index (κ3) is 6.26. The van der Waals surface area contributed by atoms with E-state index in [2.05, 4.69) is 5.32 Å². The minimum atomic E-state index is -3.64. The Morgan fingerprint density at radius 1 is 1.10 bits per heavy atom. The van der Waals surface area contributed by atoms with E-state index in [0.717, 1.165) is 6.42 Å². The smallest absolute Gasteiger partial charge is 0.338 e. The highest BCUT2D eigenvalue weighted by Gasteiger charge is 2.31. The van der Waals surface area contributed by atoms with Gasteiger partial charge < -0.3 is 10.1 Å². The number of benzene rings is 1. The number of sulfonamides is 1. The van der Waals surface area contributed by atoms with Crippen molar-refractivity contribution >= 4 is 27.9 Å². The molecule has 1 fully saturated rings. The van der Waals surface area contributed by atoms with Crippen molar-refractivity contribution in [1.29, 1.82) is 0 Å². The number of nitrogens with zero attached hydrogens (tertiary/aromatic N) is 1. The molecule has 0 aromatic heterocycles. The lowest BCUT2D eigenvalue weighted by Gasteiger charge is -2.34. The Hall–Kier alpha value is -2.46. The zero-order valence-electron chi connectivity index (χ0n) is 16.8. The van der Waals surface area contributed by atoms with Gasteiger partial charge in [-0.15, -0.1) is 0 Å². The molecule has 1 saturated heterocycles. The van der Waals surface area contributed by atoms with Crippen LogP contribution in [-0.2, 0) is 19.6 Å². The summed E-state index contributed by atoms with van der Waals surface area (Å²) in [6, 6.07) is 4.71. The Kier molecular flexibility index (Phi) is 7.74. The first-order valence-electron chi connectivity index (χ1n) is 9.48. The van der Waals surface area contributed by atoms with Crippen molar-refractivity contribution in [3.8, 4) is 0 Å². The molecule has 2 rings (SSSR count). The molecule has 29 heavy (non-hydrogen) atoms. The maximum Gasteiger partial charge on any atom is 0.338 e. The van der Waals surface area contributed by atoms with Crippen molar-refractivity contribution < 1.29 is 27.5 Å². The number of amides is 3. The largest absolute Gasteiger partial charge is 0.452 e. The minimum Gasteiger partial charge on any atom is -0.452 e. The van der Waals surface area contributed by atoms with E-state index < -0.39 is 34.5 Å². The fourth-order valence-corrected chi connectivity index (χ4v) is 4.98. The molecule has 9 nitrogen and oxygen atoms in total. The predicted octanol–water partition coefficient (Wildman–Crippen LogP) is 1.36. The van der Waals surface area contributed by atoms with Gasteiger partial charge in [-0.3, -0.25) is 10.1 Å². The Bertz CT molecular complexity index is 843. The SMILES string of the molecule is CCNC(=O)NC(=O)COC(=O)c1ccc(S(=O)(=O)N2CC(C)CC(C)C2)cc1. The zero-order valence-corrected chi connectivity index (χ0v) is 17.6. The van der Waals surface area contributed by atoms with Gasteiger partial charge in [0, 0.05) is 19.6 Å². The molecule has 10 heteroatoms. The number of urea groups is 1. The summed E-state index contributed by atoms with van der Waals surface area (Å²) < 4.78 is 32.0. The van der Waals surface area contributed by atoms with E-state index in [1.54, 1.807) is 6.92 Å². The Morgan fingerprint density at radius 2 is 1.69 bits per heavy atom. The van der Waals surface area contributed by atoms with Crippen LogP contribution in [0.2, 0.25) is 0 Å². The molecule has 2 N–H and O–H groups in total. The van der Waals surface area contributed by atoms with E-state index >= 15 is 0 Å². The lowest BCUT2D eigenvalue weighted by atomic mass is 9.94. The summed E-state index contributed by atoms with van der Waals surface area (Å²) in [5.41, 5.74) is 0.107. The van der Waals surface area contributed by atoms with Crippen LogP contribution in [0.25, 0.3) is 0 Å². The highest BCUT2D eigenvalue weighted by atomic mass is 32.2. The molecule has 160 valence electrons. The van der Waals surface area contributed by atoms with Crippen LogP contribution in [0.5, 0.6) is 0 Å². The highest BCUT2D eigenvalue weighted by molar-refractivity contribution is 7.89. The molecule has 1 aromatic carbocycles. The Balaban J connectivity index is 1.97. The Morgan fingerprint density at radius 3 is 2.24 bits per heavy atom. The van der Waals surface area contributed by atoms with Gasteiger partial charge in [0.25, 0.3) is 5.91 Å². The molecule has 1 heterocycles.